The number of rotatable bonds is 2. The van der Waals surface area contributed by atoms with E-state index in [9.17, 15) is 4.79 Å². The monoisotopic (exact) mass is 248 g/mol. The first kappa shape index (κ1) is 14.4. The van der Waals surface area contributed by atoms with Gasteiger partial charge in [0.2, 0.25) is 5.66 Å². The fraction of sp³-hybridized carbons (Fsp3) is 0.500. The Bertz CT molecular complexity index is 415. The largest absolute Gasteiger partial charge is 0.478 e. The Morgan fingerprint density at radius 3 is 1.94 bits per heavy atom. The maximum absolute atomic E-state index is 10.6. The standard InChI is InChI=1S/C7H10N2O2.C7H10/c1-4-5(2)9-7(3,8-4)6(10)11;1-2-7-5-3-4-6-7/h1-3H3,(H,10,11);3-7H,2H2,1H3. The van der Waals surface area contributed by atoms with Gasteiger partial charge in [-0.3, -0.25) is 0 Å². The number of aliphatic carboxylic acids is 1. The fourth-order valence-electron chi connectivity index (χ4n) is 1.69. The van der Waals surface area contributed by atoms with Crippen molar-refractivity contribution < 1.29 is 9.90 Å². The third-order valence-corrected chi connectivity index (χ3v) is 3.00. The molecule has 4 nitrogen and oxygen atoms in total. The zero-order valence-corrected chi connectivity index (χ0v) is 11.3. The van der Waals surface area contributed by atoms with Gasteiger partial charge in [-0.1, -0.05) is 31.2 Å². The van der Waals surface area contributed by atoms with Crippen LogP contribution in [0.3, 0.4) is 0 Å². The molecule has 0 spiro atoms. The van der Waals surface area contributed by atoms with Gasteiger partial charge in [0.05, 0.1) is 11.4 Å². The van der Waals surface area contributed by atoms with Gasteiger partial charge in [-0.25, -0.2) is 14.8 Å². The maximum atomic E-state index is 10.6. The molecule has 1 N–H and O–H groups in total. The van der Waals surface area contributed by atoms with Crippen LogP contribution in [0.2, 0.25) is 0 Å². The molecule has 4 heteroatoms. The van der Waals surface area contributed by atoms with Gasteiger partial charge in [-0.2, -0.15) is 0 Å². The minimum Gasteiger partial charge on any atom is -0.478 e. The Labute approximate surface area is 108 Å². The van der Waals surface area contributed by atoms with Gasteiger partial charge in [-0.15, -0.1) is 0 Å². The molecule has 0 amide bonds. The van der Waals surface area contributed by atoms with Crippen LogP contribution in [-0.2, 0) is 4.79 Å². The number of carboxylic acid groups (broad SMARTS) is 1. The van der Waals surface area contributed by atoms with Crippen molar-refractivity contribution in [1.82, 2.24) is 0 Å². The highest BCUT2D eigenvalue weighted by Gasteiger charge is 2.35. The van der Waals surface area contributed by atoms with E-state index in [2.05, 4.69) is 41.2 Å². The Morgan fingerprint density at radius 2 is 1.72 bits per heavy atom. The van der Waals surface area contributed by atoms with Gasteiger partial charge in [-0.05, 0) is 33.1 Å². The molecule has 2 aliphatic rings. The van der Waals surface area contributed by atoms with Crippen molar-refractivity contribution in [2.24, 2.45) is 15.9 Å². The van der Waals surface area contributed by atoms with Crippen LogP contribution in [0, 0.1) is 5.92 Å². The van der Waals surface area contributed by atoms with E-state index >= 15 is 0 Å². The molecule has 0 unspecified atom stereocenters. The zero-order valence-electron chi connectivity index (χ0n) is 11.3. The summed E-state index contributed by atoms with van der Waals surface area (Å²) in [7, 11) is 0. The minimum absolute atomic E-state index is 0.704. The molecule has 0 aromatic carbocycles. The van der Waals surface area contributed by atoms with Crippen molar-refractivity contribution >= 4 is 17.4 Å². The number of nitrogens with zero attached hydrogens (tertiary/aromatic N) is 2. The number of carboxylic acids is 1. The highest BCUT2D eigenvalue weighted by molar-refractivity contribution is 6.42. The minimum atomic E-state index is -1.27. The van der Waals surface area contributed by atoms with E-state index in [1.165, 1.54) is 13.3 Å². The van der Waals surface area contributed by atoms with E-state index in [0.717, 1.165) is 5.92 Å². The lowest BCUT2D eigenvalue weighted by molar-refractivity contribution is -0.142. The summed E-state index contributed by atoms with van der Waals surface area (Å²) in [6.45, 7) is 7.19. The highest BCUT2D eigenvalue weighted by atomic mass is 16.4. The van der Waals surface area contributed by atoms with Crippen LogP contribution in [0.1, 0.15) is 34.1 Å². The average Bonchev–Trinajstić information content (AvgIpc) is 2.89. The highest BCUT2D eigenvalue weighted by Crippen LogP contribution is 2.19. The molecule has 0 fully saturated rings. The van der Waals surface area contributed by atoms with E-state index in [4.69, 9.17) is 5.11 Å². The maximum Gasteiger partial charge on any atom is 0.354 e. The van der Waals surface area contributed by atoms with Crippen LogP contribution < -0.4 is 0 Å². The van der Waals surface area contributed by atoms with Crippen LogP contribution in [0.5, 0.6) is 0 Å². The smallest absolute Gasteiger partial charge is 0.354 e. The average molecular weight is 248 g/mol. The molecule has 0 atom stereocenters. The van der Waals surface area contributed by atoms with Crippen LogP contribution >= 0.6 is 0 Å². The molecule has 1 heterocycles. The Balaban J connectivity index is 0.000000199. The van der Waals surface area contributed by atoms with Crippen LogP contribution in [0.25, 0.3) is 0 Å². The lowest BCUT2D eigenvalue weighted by atomic mass is 10.1. The van der Waals surface area contributed by atoms with Crippen LogP contribution in [0.4, 0.5) is 0 Å². The molecule has 98 valence electrons. The first-order valence-corrected chi connectivity index (χ1v) is 6.10. The van der Waals surface area contributed by atoms with E-state index in [-0.39, 0.29) is 0 Å². The quantitative estimate of drug-likeness (QED) is 0.816. The lowest BCUT2D eigenvalue weighted by Gasteiger charge is -2.09. The molecule has 18 heavy (non-hydrogen) atoms. The predicted molar refractivity (Wildman–Crippen MR) is 74.3 cm³/mol. The van der Waals surface area contributed by atoms with Crippen molar-refractivity contribution in [2.75, 3.05) is 0 Å². The number of hydrogen-bond acceptors (Lipinski definition) is 3. The Kier molecular flexibility index (Phi) is 4.59. The first-order chi connectivity index (χ1) is 8.39. The number of carbonyl (C=O) groups is 1. The number of allylic oxidation sites excluding steroid dienone is 4. The second-order valence-electron chi connectivity index (χ2n) is 4.56. The van der Waals surface area contributed by atoms with Gasteiger partial charge < -0.3 is 5.11 Å². The molecular formula is C14H20N2O2. The molecule has 1 aliphatic carbocycles. The van der Waals surface area contributed by atoms with E-state index in [1.807, 2.05) is 0 Å². The molecule has 2 rings (SSSR count). The normalized spacial score (nSPS) is 20.2. The Morgan fingerprint density at radius 1 is 1.28 bits per heavy atom. The summed E-state index contributed by atoms with van der Waals surface area (Å²) in [5.41, 5.74) is 0.138. The zero-order chi connectivity index (χ0) is 13.8. The summed E-state index contributed by atoms with van der Waals surface area (Å²) in [4.78, 5) is 18.4. The van der Waals surface area contributed by atoms with Gasteiger partial charge in [0.25, 0.3) is 0 Å². The molecule has 0 saturated heterocycles. The number of hydrogen-bond donors (Lipinski definition) is 1. The second kappa shape index (κ2) is 5.76. The third kappa shape index (κ3) is 3.39. The van der Waals surface area contributed by atoms with Gasteiger partial charge >= 0.3 is 5.97 Å². The summed E-state index contributed by atoms with van der Waals surface area (Å²) in [6.07, 6.45) is 9.90. The summed E-state index contributed by atoms with van der Waals surface area (Å²) >= 11 is 0. The fourth-order valence-corrected chi connectivity index (χ4v) is 1.69. The van der Waals surface area contributed by atoms with E-state index in [0.29, 0.717) is 11.4 Å². The molecule has 1 aliphatic heterocycles. The van der Waals surface area contributed by atoms with Crippen molar-refractivity contribution in [3.8, 4) is 0 Å². The number of aliphatic imine (C=N–C) groups is 2. The van der Waals surface area contributed by atoms with Crippen LogP contribution in [0.15, 0.2) is 34.3 Å². The molecule has 0 radical (unpaired) electrons. The molecule has 0 aromatic heterocycles. The molecule has 0 bridgehead atoms. The van der Waals surface area contributed by atoms with Gasteiger partial charge in [0.15, 0.2) is 0 Å². The second-order valence-corrected chi connectivity index (χ2v) is 4.56. The molecule has 0 saturated carbocycles. The summed E-state index contributed by atoms with van der Waals surface area (Å²) < 4.78 is 0. The Hall–Kier alpha value is -1.71. The SMILES string of the molecule is CC1=NC(C)(C(=O)O)N=C1C.CCC1C=CC=C1. The van der Waals surface area contributed by atoms with Gasteiger partial charge in [0.1, 0.15) is 0 Å². The first-order valence-electron chi connectivity index (χ1n) is 6.10. The predicted octanol–water partition coefficient (Wildman–Crippen LogP) is 2.86. The van der Waals surface area contributed by atoms with Crippen molar-refractivity contribution in [1.29, 1.82) is 0 Å². The van der Waals surface area contributed by atoms with Crippen LogP contribution in [-0.4, -0.2) is 28.2 Å². The third-order valence-electron chi connectivity index (χ3n) is 3.00. The molecular weight excluding hydrogens is 228 g/mol. The summed E-state index contributed by atoms with van der Waals surface area (Å²) in [6, 6.07) is 0. The summed E-state index contributed by atoms with van der Waals surface area (Å²) in [5.74, 6) is -0.270. The van der Waals surface area contributed by atoms with Crippen molar-refractivity contribution in [3.05, 3.63) is 24.3 Å². The van der Waals surface area contributed by atoms with Gasteiger partial charge in [0, 0.05) is 0 Å². The topological polar surface area (TPSA) is 62.0 Å². The lowest BCUT2D eigenvalue weighted by Crippen LogP contribution is -2.28. The summed E-state index contributed by atoms with van der Waals surface area (Å²) in [5, 5.41) is 8.69. The molecule has 0 aromatic rings. The van der Waals surface area contributed by atoms with E-state index < -0.39 is 11.6 Å². The van der Waals surface area contributed by atoms with Crippen molar-refractivity contribution in [3.63, 3.8) is 0 Å². The van der Waals surface area contributed by atoms with E-state index in [1.54, 1.807) is 13.8 Å². The van der Waals surface area contributed by atoms with Crippen molar-refractivity contribution in [2.45, 2.75) is 39.8 Å².